The molecule has 1 heterocycles. The average Bonchev–Trinajstić information content (AvgIpc) is 3.07. The van der Waals surface area contributed by atoms with E-state index >= 15 is 0 Å². The van der Waals surface area contributed by atoms with Gasteiger partial charge in [0.1, 0.15) is 11.5 Å². The number of para-hydroxylation sites is 2. The molecule has 1 aliphatic rings. The second-order valence-electron chi connectivity index (χ2n) is 8.27. The smallest absolute Gasteiger partial charge is 0.493 e. The van der Waals surface area contributed by atoms with Crippen molar-refractivity contribution in [3.8, 4) is 23.0 Å². The normalized spacial score (nSPS) is 13.3. The third-order valence-electron chi connectivity index (χ3n) is 5.83. The summed E-state index contributed by atoms with van der Waals surface area (Å²) in [6, 6.07) is 20.3. The van der Waals surface area contributed by atoms with E-state index in [0.29, 0.717) is 22.6 Å². The number of benzene rings is 3. The fourth-order valence-electron chi connectivity index (χ4n) is 3.89. The molecule has 3 aromatic carbocycles. The molecule has 1 amide bonds. The molecule has 0 radical (unpaired) electrons. The van der Waals surface area contributed by atoms with E-state index in [0.717, 1.165) is 0 Å². The van der Waals surface area contributed by atoms with Gasteiger partial charge in [0.25, 0.3) is 5.91 Å². The first-order valence-corrected chi connectivity index (χ1v) is 13.5. The standard InChI is InChI=1S/C28H30NO9P/c1-32-24-17-20-15-16-26(29(19-27(34-3)35-4)28(30)23(20)18-25(24)33-2)38-39(31,36-21-11-7-5-8-12-21)37-22-13-9-6-10-14-22/h5-14,16-18,27H,15,19H2,1-4H3. The average molecular weight is 556 g/mol. The maximum atomic E-state index is 14.1. The first kappa shape index (κ1) is 28.0. The largest absolute Gasteiger partial charge is 0.648 e. The van der Waals surface area contributed by atoms with Crippen LogP contribution < -0.4 is 18.5 Å². The summed E-state index contributed by atoms with van der Waals surface area (Å²) in [5.41, 5.74) is 0.992. The van der Waals surface area contributed by atoms with Crippen molar-refractivity contribution < 1.29 is 41.9 Å². The number of fused-ring (bicyclic) bond motifs is 1. The summed E-state index contributed by atoms with van der Waals surface area (Å²) in [5.74, 6) is 0.852. The van der Waals surface area contributed by atoms with Gasteiger partial charge in [0.05, 0.1) is 20.8 Å². The summed E-state index contributed by atoms with van der Waals surface area (Å²) in [6.07, 6.45) is 1.05. The Hall–Kier alpha value is -3.98. The van der Waals surface area contributed by atoms with Crippen molar-refractivity contribution in [3.05, 3.63) is 95.9 Å². The Labute approximate surface area is 227 Å². The summed E-state index contributed by atoms with van der Waals surface area (Å²) in [5, 5.41) is 0. The first-order valence-electron chi connectivity index (χ1n) is 12.0. The zero-order valence-corrected chi connectivity index (χ0v) is 23.0. The lowest BCUT2D eigenvalue weighted by Gasteiger charge is -2.29. The monoisotopic (exact) mass is 555 g/mol. The molecule has 39 heavy (non-hydrogen) atoms. The van der Waals surface area contributed by atoms with Crippen LogP contribution in [0.15, 0.2) is 84.8 Å². The van der Waals surface area contributed by atoms with Gasteiger partial charge in [0, 0.05) is 19.8 Å². The Morgan fingerprint density at radius 3 is 1.85 bits per heavy atom. The van der Waals surface area contributed by atoms with E-state index in [-0.39, 0.29) is 30.3 Å². The lowest BCUT2D eigenvalue weighted by atomic mass is 10.0. The zero-order valence-electron chi connectivity index (χ0n) is 22.1. The highest BCUT2D eigenvalue weighted by Crippen LogP contribution is 2.52. The highest BCUT2D eigenvalue weighted by Gasteiger charge is 2.39. The number of carbonyl (C=O) groups is 1. The van der Waals surface area contributed by atoms with E-state index < -0.39 is 20.0 Å². The van der Waals surface area contributed by atoms with E-state index in [2.05, 4.69) is 0 Å². The molecule has 0 saturated heterocycles. The highest BCUT2D eigenvalue weighted by molar-refractivity contribution is 7.49. The van der Waals surface area contributed by atoms with Crippen LogP contribution in [-0.2, 0) is 25.0 Å². The summed E-state index contributed by atoms with van der Waals surface area (Å²) in [4.78, 5) is 15.2. The third-order valence-corrected chi connectivity index (χ3v) is 7.11. The fourth-order valence-corrected chi connectivity index (χ4v) is 5.16. The third kappa shape index (κ3) is 6.72. The van der Waals surface area contributed by atoms with Gasteiger partial charge >= 0.3 is 7.82 Å². The van der Waals surface area contributed by atoms with Crippen LogP contribution in [0.25, 0.3) is 0 Å². The molecule has 206 valence electrons. The summed E-state index contributed by atoms with van der Waals surface area (Å²) >= 11 is 0. The molecule has 0 atom stereocenters. The number of nitrogens with zero attached hydrogens (tertiary/aromatic N) is 1. The number of hydrogen-bond acceptors (Lipinski definition) is 9. The van der Waals surface area contributed by atoms with Crippen molar-refractivity contribution in [2.75, 3.05) is 35.0 Å². The number of phosphoric ester groups is 1. The first-order chi connectivity index (χ1) is 18.9. The number of ether oxygens (including phenoxy) is 4. The van der Waals surface area contributed by atoms with Crippen LogP contribution in [0.2, 0.25) is 0 Å². The molecule has 0 aromatic heterocycles. The van der Waals surface area contributed by atoms with Crippen LogP contribution in [0, 0.1) is 0 Å². The summed E-state index contributed by atoms with van der Waals surface area (Å²) in [6.45, 7) is -0.0812. The number of carbonyl (C=O) groups excluding carboxylic acids is 1. The van der Waals surface area contributed by atoms with Gasteiger partial charge in [-0.3, -0.25) is 9.69 Å². The number of phosphoric acid groups is 1. The molecule has 11 heteroatoms. The van der Waals surface area contributed by atoms with Crippen molar-refractivity contribution in [2.45, 2.75) is 12.7 Å². The van der Waals surface area contributed by atoms with Gasteiger partial charge in [0.15, 0.2) is 17.8 Å². The van der Waals surface area contributed by atoms with E-state index in [1.54, 1.807) is 78.9 Å². The molecular weight excluding hydrogens is 525 g/mol. The number of hydrogen-bond donors (Lipinski definition) is 0. The molecule has 1 aliphatic heterocycles. The Bertz CT molecular complexity index is 1300. The van der Waals surface area contributed by atoms with Gasteiger partial charge < -0.3 is 32.5 Å². The van der Waals surface area contributed by atoms with Gasteiger partial charge in [-0.2, -0.15) is 4.57 Å². The quantitative estimate of drug-likeness (QED) is 0.213. The fraction of sp³-hybridized carbons (Fsp3) is 0.250. The molecule has 0 aliphatic carbocycles. The molecule has 4 rings (SSSR count). The van der Waals surface area contributed by atoms with Crippen LogP contribution >= 0.6 is 7.82 Å². The Morgan fingerprint density at radius 1 is 0.795 bits per heavy atom. The Kier molecular flexibility index (Phi) is 9.14. The lowest BCUT2D eigenvalue weighted by Crippen LogP contribution is -2.39. The molecule has 0 saturated carbocycles. The molecule has 10 nitrogen and oxygen atoms in total. The SMILES string of the molecule is COc1cc2c(cc1OC)C(=O)N(CC(OC)OC)C(OP(=O)(Oc1ccccc1)Oc1ccccc1)=CC2. The van der Waals surface area contributed by atoms with Gasteiger partial charge in [0.2, 0.25) is 5.88 Å². The maximum absolute atomic E-state index is 14.1. The molecule has 0 unspecified atom stereocenters. The van der Waals surface area contributed by atoms with Crippen molar-refractivity contribution in [1.29, 1.82) is 0 Å². The van der Waals surface area contributed by atoms with E-state index in [1.165, 1.54) is 33.3 Å². The molecular formula is C28H30NO9P. The Balaban J connectivity index is 1.76. The minimum atomic E-state index is -4.39. The van der Waals surface area contributed by atoms with Crippen LogP contribution in [0.5, 0.6) is 23.0 Å². The maximum Gasteiger partial charge on any atom is 0.648 e. The van der Waals surface area contributed by atoms with E-state index in [9.17, 15) is 9.36 Å². The summed E-state index contributed by atoms with van der Waals surface area (Å²) in [7, 11) is 1.50. The summed E-state index contributed by atoms with van der Waals surface area (Å²) < 4.78 is 53.2. The van der Waals surface area contributed by atoms with Gasteiger partial charge in [-0.05, 0) is 54.5 Å². The minimum Gasteiger partial charge on any atom is -0.493 e. The second kappa shape index (κ2) is 12.7. The lowest BCUT2D eigenvalue weighted by molar-refractivity contribution is -0.111. The number of allylic oxidation sites excluding steroid dienone is 1. The van der Waals surface area contributed by atoms with Crippen molar-refractivity contribution in [1.82, 2.24) is 4.90 Å². The van der Waals surface area contributed by atoms with Gasteiger partial charge in [-0.15, -0.1) is 0 Å². The number of rotatable bonds is 12. The molecule has 0 fully saturated rings. The van der Waals surface area contributed by atoms with Crippen LogP contribution in [0.1, 0.15) is 15.9 Å². The molecule has 0 bridgehead atoms. The highest BCUT2D eigenvalue weighted by atomic mass is 31.2. The van der Waals surface area contributed by atoms with Crippen molar-refractivity contribution in [3.63, 3.8) is 0 Å². The second-order valence-corrected chi connectivity index (χ2v) is 9.72. The van der Waals surface area contributed by atoms with Crippen molar-refractivity contribution in [2.24, 2.45) is 0 Å². The topological polar surface area (TPSA) is 102 Å². The molecule has 0 spiro atoms. The molecule has 3 aromatic rings. The predicted octanol–water partition coefficient (Wildman–Crippen LogP) is 5.45. The van der Waals surface area contributed by atoms with Crippen LogP contribution in [0.4, 0.5) is 0 Å². The van der Waals surface area contributed by atoms with E-state index in [4.69, 9.17) is 32.5 Å². The van der Waals surface area contributed by atoms with Crippen molar-refractivity contribution >= 4 is 13.7 Å². The number of methoxy groups -OCH3 is 4. The predicted molar refractivity (Wildman–Crippen MR) is 143 cm³/mol. The van der Waals surface area contributed by atoms with Gasteiger partial charge in [-0.1, -0.05) is 36.4 Å². The zero-order chi connectivity index (χ0) is 27.8. The molecule has 0 N–H and O–H groups in total. The number of amides is 1. The van der Waals surface area contributed by atoms with Crippen LogP contribution in [0.3, 0.4) is 0 Å². The van der Waals surface area contributed by atoms with Gasteiger partial charge in [-0.25, -0.2) is 0 Å². The Morgan fingerprint density at radius 2 is 1.33 bits per heavy atom. The minimum absolute atomic E-state index is 0.0524. The van der Waals surface area contributed by atoms with E-state index in [1.807, 2.05) is 0 Å². The van der Waals surface area contributed by atoms with Crippen LogP contribution in [-0.4, -0.2) is 52.1 Å².